The molecule has 0 aliphatic heterocycles. The molecule has 0 saturated heterocycles. The van der Waals surface area contributed by atoms with Crippen molar-refractivity contribution in [1.29, 1.82) is 0 Å². The molecule has 0 fully saturated rings. The second kappa shape index (κ2) is 8.08. The van der Waals surface area contributed by atoms with Crippen molar-refractivity contribution in [2.45, 2.75) is 0 Å². The highest BCUT2D eigenvalue weighted by molar-refractivity contribution is 6.32. The van der Waals surface area contributed by atoms with Crippen LogP contribution in [0.2, 0.25) is 5.02 Å². The van der Waals surface area contributed by atoms with Crippen molar-refractivity contribution in [3.63, 3.8) is 0 Å². The van der Waals surface area contributed by atoms with Gasteiger partial charge in [0.1, 0.15) is 10.8 Å². The first kappa shape index (κ1) is 18.9. The molecule has 0 atom stereocenters. The fourth-order valence-corrected chi connectivity index (χ4v) is 2.12. The Hall–Kier alpha value is -3.46. The third-order valence-electron chi connectivity index (χ3n) is 3.15. The Morgan fingerprint density at radius 3 is 2.38 bits per heavy atom. The topological polar surface area (TPSA) is 122 Å². The fraction of sp³-hybridized carbons (Fsp3) is 0.0625. The van der Waals surface area contributed by atoms with E-state index in [1.54, 1.807) is 0 Å². The van der Waals surface area contributed by atoms with Crippen LogP contribution in [0.1, 0.15) is 5.56 Å². The second-order valence-electron chi connectivity index (χ2n) is 4.81. The van der Waals surface area contributed by atoms with Gasteiger partial charge in [-0.25, -0.2) is 4.79 Å². The number of hydrogen-bond donors (Lipinski definition) is 0. The average Bonchev–Trinajstić information content (AvgIpc) is 2.60. The molecular weight excluding hydrogens is 368 g/mol. The van der Waals surface area contributed by atoms with Gasteiger partial charge in [0.05, 0.1) is 23.0 Å². The summed E-state index contributed by atoms with van der Waals surface area (Å²) < 4.78 is 9.83. The SMILES string of the molecule is COc1ccc(OC(=O)/C=C/c2ccc(Cl)c([N+](=O)[O-])c2)c([N+](=O)[O-])c1. The van der Waals surface area contributed by atoms with Crippen LogP contribution in [-0.2, 0) is 4.79 Å². The minimum atomic E-state index is -0.893. The van der Waals surface area contributed by atoms with Gasteiger partial charge in [-0.2, -0.15) is 0 Å². The van der Waals surface area contributed by atoms with Gasteiger partial charge >= 0.3 is 11.7 Å². The number of benzene rings is 2. The highest BCUT2D eigenvalue weighted by Gasteiger charge is 2.18. The van der Waals surface area contributed by atoms with Gasteiger partial charge in [-0.15, -0.1) is 0 Å². The van der Waals surface area contributed by atoms with Gasteiger partial charge in [0.2, 0.25) is 5.75 Å². The number of carbonyl (C=O) groups is 1. The summed E-state index contributed by atoms with van der Waals surface area (Å²) in [6, 6.07) is 7.72. The molecule has 0 spiro atoms. The maximum atomic E-state index is 11.9. The summed E-state index contributed by atoms with van der Waals surface area (Å²) in [6.45, 7) is 0. The van der Waals surface area contributed by atoms with Crippen molar-refractivity contribution in [3.8, 4) is 11.5 Å². The predicted molar refractivity (Wildman–Crippen MR) is 92.4 cm³/mol. The molecule has 134 valence electrons. The predicted octanol–water partition coefficient (Wildman–Crippen LogP) is 3.78. The lowest BCUT2D eigenvalue weighted by Gasteiger charge is -2.05. The lowest BCUT2D eigenvalue weighted by molar-refractivity contribution is -0.385. The second-order valence-corrected chi connectivity index (χ2v) is 5.22. The van der Waals surface area contributed by atoms with Crippen LogP contribution in [0.5, 0.6) is 11.5 Å². The molecule has 0 radical (unpaired) electrons. The van der Waals surface area contributed by atoms with E-state index in [4.69, 9.17) is 21.1 Å². The maximum absolute atomic E-state index is 11.9. The van der Waals surface area contributed by atoms with E-state index >= 15 is 0 Å². The van der Waals surface area contributed by atoms with Crippen LogP contribution in [0, 0.1) is 20.2 Å². The van der Waals surface area contributed by atoms with Crippen LogP contribution in [-0.4, -0.2) is 22.9 Å². The van der Waals surface area contributed by atoms with E-state index in [0.29, 0.717) is 5.56 Å². The molecule has 2 aromatic rings. The number of ether oxygens (including phenoxy) is 2. The Kier molecular flexibility index (Phi) is 5.86. The number of halogens is 1. The molecule has 0 amide bonds. The molecule has 2 aromatic carbocycles. The quantitative estimate of drug-likeness (QED) is 0.246. The summed E-state index contributed by atoms with van der Waals surface area (Å²) in [5.74, 6) is -0.913. The zero-order valence-electron chi connectivity index (χ0n) is 13.2. The third kappa shape index (κ3) is 4.54. The Morgan fingerprint density at radius 1 is 1.08 bits per heavy atom. The van der Waals surface area contributed by atoms with Gasteiger partial charge in [0.15, 0.2) is 0 Å². The average molecular weight is 379 g/mol. The van der Waals surface area contributed by atoms with Crippen molar-refractivity contribution in [2.75, 3.05) is 7.11 Å². The number of nitrogens with zero attached hydrogens (tertiary/aromatic N) is 2. The Balaban J connectivity index is 2.19. The molecule has 0 aromatic heterocycles. The van der Waals surface area contributed by atoms with E-state index < -0.39 is 21.5 Å². The summed E-state index contributed by atoms with van der Waals surface area (Å²) in [7, 11) is 1.35. The van der Waals surface area contributed by atoms with Crippen molar-refractivity contribution >= 4 is 35.0 Å². The van der Waals surface area contributed by atoms with Crippen molar-refractivity contribution in [3.05, 3.63) is 73.3 Å². The van der Waals surface area contributed by atoms with Crippen LogP contribution >= 0.6 is 11.6 Å². The molecular formula is C16H11ClN2O7. The van der Waals surface area contributed by atoms with Crippen molar-refractivity contribution in [1.82, 2.24) is 0 Å². The minimum absolute atomic E-state index is 0.0383. The largest absolute Gasteiger partial charge is 0.496 e. The summed E-state index contributed by atoms with van der Waals surface area (Å²) in [5.41, 5.74) is -0.413. The highest BCUT2D eigenvalue weighted by atomic mass is 35.5. The fourth-order valence-electron chi connectivity index (χ4n) is 1.93. The monoisotopic (exact) mass is 378 g/mol. The molecule has 0 aliphatic carbocycles. The lowest BCUT2D eigenvalue weighted by atomic mass is 10.2. The van der Waals surface area contributed by atoms with Crippen LogP contribution in [0.3, 0.4) is 0 Å². The molecule has 0 aliphatic rings. The molecule has 2 rings (SSSR count). The van der Waals surface area contributed by atoms with Crippen molar-refractivity contribution in [2.24, 2.45) is 0 Å². The van der Waals surface area contributed by atoms with E-state index in [2.05, 4.69) is 0 Å². The van der Waals surface area contributed by atoms with Gasteiger partial charge in [0, 0.05) is 12.1 Å². The summed E-state index contributed by atoms with van der Waals surface area (Å²) >= 11 is 5.70. The number of esters is 1. The summed E-state index contributed by atoms with van der Waals surface area (Å²) in [6.07, 6.45) is 2.25. The number of hydrogen-bond acceptors (Lipinski definition) is 7. The molecule has 0 heterocycles. The maximum Gasteiger partial charge on any atom is 0.336 e. The van der Waals surface area contributed by atoms with E-state index in [-0.39, 0.29) is 22.2 Å². The van der Waals surface area contributed by atoms with E-state index in [9.17, 15) is 25.0 Å². The lowest BCUT2D eigenvalue weighted by Crippen LogP contribution is -2.06. The molecule has 26 heavy (non-hydrogen) atoms. The first-order valence-corrected chi connectivity index (χ1v) is 7.36. The molecule has 0 N–H and O–H groups in total. The Labute approximate surface area is 151 Å². The van der Waals surface area contributed by atoms with E-state index in [1.807, 2.05) is 0 Å². The standard InChI is InChI=1S/C16H11ClN2O7/c1-25-11-4-6-15(14(9-11)19(23)24)26-16(20)7-3-10-2-5-12(17)13(8-10)18(21)22/h2-9H,1H3/b7-3+. The Bertz CT molecular complexity index is 911. The first-order valence-electron chi connectivity index (χ1n) is 6.98. The van der Waals surface area contributed by atoms with Crippen LogP contribution in [0.4, 0.5) is 11.4 Å². The number of methoxy groups -OCH3 is 1. The highest BCUT2D eigenvalue weighted by Crippen LogP contribution is 2.31. The molecule has 0 bridgehead atoms. The zero-order valence-corrected chi connectivity index (χ0v) is 14.0. The normalized spacial score (nSPS) is 10.5. The third-order valence-corrected chi connectivity index (χ3v) is 3.47. The van der Waals surface area contributed by atoms with Crippen LogP contribution < -0.4 is 9.47 Å². The zero-order chi connectivity index (χ0) is 19.3. The number of nitro benzene ring substituents is 2. The van der Waals surface area contributed by atoms with E-state index in [1.165, 1.54) is 43.5 Å². The van der Waals surface area contributed by atoms with E-state index in [0.717, 1.165) is 12.1 Å². The smallest absolute Gasteiger partial charge is 0.336 e. The number of rotatable bonds is 6. The molecule has 9 nitrogen and oxygen atoms in total. The van der Waals surface area contributed by atoms with Gasteiger partial charge < -0.3 is 9.47 Å². The molecule has 0 saturated carbocycles. The number of nitro groups is 2. The molecule has 10 heteroatoms. The summed E-state index contributed by atoms with van der Waals surface area (Å²) in [4.78, 5) is 32.4. The van der Waals surface area contributed by atoms with Gasteiger partial charge in [-0.05, 0) is 29.8 Å². The Morgan fingerprint density at radius 2 is 1.77 bits per heavy atom. The first-order chi connectivity index (χ1) is 12.3. The van der Waals surface area contributed by atoms with Gasteiger partial charge in [-0.1, -0.05) is 17.7 Å². The van der Waals surface area contributed by atoms with Gasteiger partial charge in [0.25, 0.3) is 5.69 Å². The number of carbonyl (C=O) groups excluding carboxylic acids is 1. The van der Waals surface area contributed by atoms with Crippen LogP contribution in [0.15, 0.2) is 42.5 Å². The minimum Gasteiger partial charge on any atom is -0.496 e. The van der Waals surface area contributed by atoms with Gasteiger partial charge in [-0.3, -0.25) is 20.2 Å². The molecule has 0 unspecified atom stereocenters. The summed E-state index contributed by atoms with van der Waals surface area (Å²) in [5, 5.41) is 21.8. The van der Waals surface area contributed by atoms with Crippen LogP contribution in [0.25, 0.3) is 6.08 Å². The van der Waals surface area contributed by atoms with Crippen molar-refractivity contribution < 1.29 is 24.1 Å².